The molecule has 7 nitrogen and oxygen atoms in total. The Hall–Kier alpha value is -4.46. The zero-order valence-electron chi connectivity index (χ0n) is 23.5. The Morgan fingerprint density at radius 1 is 1.10 bits per heavy atom. The number of aryl methyl sites for hydroxylation is 3. The van der Waals surface area contributed by atoms with Crippen LogP contribution in [0.25, 0.3) is 22.3 Å². The van der Waals surface area contributed by atoms with Crippen molar-refractivity contribution < 1.29 is 23.4 Å². The molecule has 0 radical (unpaired) electrons. The fraction of sp³-hybridized carbons (Fsp3) is 0.303. The Kier molecular flexibility index (Phi) is 6.85. The van der Waals surface area contributed by atoms with E-state index in [0.717, 1.165) is 44.5 Å². The van der Waals surface area contributed by atoms with Gasteiger partial charge in [-0.15, -0.1) is 0 Å². The molecule has 41 heavy (non-hydrogen) atoms. The summed E-state index contributed by atoms with van der Waals surface area (Å²) in [5, 5.41) is 4.15. The highest BCUT2D eigenvalue weighted by molar-refractivity contribution is 5.79. The zero-order chi connectivity index (χ0) is 28.8. The number of ether oxygens (including phenoxy) is 3. The summed E-state index contributed by atoms with van der Waals surface area (Å²) in [5.41, 5.74) is 8.15. The molecule has 8 heteroatoms. The molecule has 1 aliphatic heterocycles. The Morgan fingerprint density at radius 2 is 1.88 bits per heavy atom. The number of nitrogens with zero attached hydrogens (tertiary/aromatic N) is 2. The standard InChI is InChI=1S/C33H31FN2O5/c1-18-11-20(21-13-30(37)36(3)35-16-21)12-19(2)32(18)25-7-9-27(34)33-26(25)8-10-28(33)41-23-5-6-24-22(14-31(38)39-4)17-40-29(24)15-23/h5-7,9,11-13,15-16,22,28H,8,10,14,17H2,1-4H3/t22-,28-/m1/s1. The average molecular weight is 555 g/mol. The lowest BCUT2D eigenvalue weighted by molar-refractivity contribution is -0.141. The lowest BCUT2D eigenvalue weighted by atomic mass is 9.88. The third kappa shape index (κ3) is 4.88. The summed E-state index contributed by atoms with van der Waals surface area (Å²) in [6.45, 7) is 4.49. The third-order valence-electron chi connectivity index (χ3n) is 8.17. The number of fused-ring (bicyclic) bond motifs is 2. The zero-order valence-corrected chi connectivity index (χ0v) is 23.5. The van der Waals surface area contributed by atoms with Gasteiger partial charge in [0, 0.05) is 41.8 Å². The molecule has 0 bridgehead atoms. The van der Waals surface area contributed by atoms with Crippen molar-refractivity contribution in [3.63, 3.8) is 0 Å². The maximum atomic E-state index is 15.3. The van der Waals surface area contributed by atoms with Gasteiger partial charge in [-0.3, -0.25) is 9.59 Å². The lowest BCUT2D eigenvalue weighted by Crippen LogP contribution is -2.17. The second-order valence-corrected chi connectivity index (χ2v) is 10.8. The maximum Gasteiger partial charge on any atom is 0.306 e. The molecule has 0 saturated carbocycles. The predicted molar refractivity (Wildman–Crippen MR) is 153 cm³/mol. The number of halogens is 1. The van der Waals surface area contributed by atoms with Crippen LogP contribution in [0.4, 0.5) is 4.39 Å². The molecule has 210 valence electrons. The highest BCUT2D eigenvalue weighted by Gasteiger charge is 2.32. The molecular formula is C33H31FN2O5. The molecule has 1 aliphatic carbocycles. The molecule has 0 N–H and O–H groups in total. The van der Waals surface area contributed by atoms with Gasteiger partial charge in [0.1, 0.15) is 23.4 Å². The Morgan fingerprint density at radius 3 is 2.61 bits per heavy atom. The molecule has 0 spiro atoms. The molecule has 0 fully saturated rings. The van der Waals surface area contributed by atoms with E-state index in [-0.39, 0.29) is 29.7 Å². The number of benzene rings is 3. The van der Waals surface area contributed by atoms with Gasteiger partial charge in [-0.05, 0) is 72.2 Å². The van der Waals surface area contributed by atoms with Gasteiger partial charge in [0.25, 0.3) is 5.56 Å². The van der Waals surface area contributed by atoms with E-state index < -0.39 is 6.10 Å². The summed E-state index contributed by atoms with van der Waals surface area (Å²) in [6, 6.07) is 14.7. The second kappa shape index (κ2) is 10.5. The van der Waals surface area contributed by atoms with Crippen LogP contribution in [0.1, 0.15) is 52.7 Å². The van der Waals surface area contributed by atoms with Crippen LogP contribution in [0.2, 0.25) is 0 Å². The molecule has 6 rings (SSSR count). The van der Waals surface area contributed by atoms with E-state index in [9.17, 15) is 9.59 Å². The van der Waals surface area contributed by atoms with Crippen LogP contribution in [0.5, 0.6) is 11.5 Å². The summed E-state index contributed by atoms with van der Waals surface area (Å²) in [4.78, 5) is 23.9. The monoisotopic (exact) mass is 554 g/mol. The van der Waals surface area contributed by atoms with Crippen LogP contribution >= 0.6 is 0 Å². The highest BCUT2D eigenvalue weighted by Crippen LogP contribution is 2.45. The van der Waals surface area contributed by atoms with E-state index in [1.165, 1.54) is 17.9 Å². The smallest absolute Gasteiger partial charge is 0.306 e. The minimum absolute atomic E-state index is 0.0555. The van der Waals surface area contributed by atoms with Crippen molar-refractivity contribution >= 4 is 5.97 Å². The number of carbonyl (C=O) groups excluding carboxylic acids is 1. The number of aromatic nitrogens is 2. The van der Waals surface area contributed by atoms with Crippen LogP contribution in [0, 0.1) is 19.7 Å². The SMILES string of the molecule is COC(=O)C[C@@H]1COc2cc(O[C@@H]3CCc4c(-c5c(C)cc(-c6cnn(C)c(=O)c6)cc5C)ccc(F)c43)ccc21. The first kappa shape index (κ1) is 26.7. The third-order valence-corrected chi connectivity index (χ3v) is 8.17. The number of carbonyl (C=O) groups is 1. The average Bonchev–Trinajstić information content (AvgIpc) is 3.55. The van der Waals surface area contributed by atoms with Gasteiger partial charge in [-0.2, -0.15) is 5.10 Å². The van der Waals surface area contributed by atoms with Gasteiger partial charge in [-0.1, -0.05) is 24.3 Å². The first-order valence-electron chi connectivity index (χ1n) is 13.7. The summed E-state index contributed by atoms with van der Waals surface area (Å²) in [6.07, 6.45) is 2.86. The lowest BCUT2D eigenvalue weighted by Gasteiger charge is -2.19. The van der Waals surface area contributed by atoms with Crippen molar-refractivity contribution in [2.45, 2.75) is 45.1 Å². The van der Waals surface area contributed by atoms with E-state index in [1.54, 1.807) is 19.3 Å². The molecule has 2 heterocycles. The van der Waals surface area contributed by atoms with Gasteiger partial charge in [0.2, 0.25) is 0 Å². The van der Waals surface area contributed by atoms with E-state index in [1.807, 2.05) is 38.1 Å². The first-order chi connectivity index (χ1) is 19.7. The number of hydrogen-bond donors (Lipinski definition) is 0. The van der Waals surface area contributed by atoms with E-state index >= 15 is 4.39 Å². The maximum absolute atomic E-state index is 15.3. The van der Waals surface area contributed by atoms with E-state index in [0.29, 0.717) is 36.5 Å². The Labute approximate surface area is 237 Å². The minimum atomic E-state index is -0.429. The van der Waals surface area contributed by atoms with Crippen molar-refractivity contribution in [1.29, 1.82) is 0 Å². The summed E-state index contributed by atoms with van der Waals surface area (Å²) in [7, 11) is 3.00. The van der Waals surface area contributed by atoms with Crippen LogP contribution in [-0.4, -0.2) is 29.5 Å². The fourth-order valence-electron chi connectivity index (χ4n) is 6.16. The van der Waals surface area contributed by atoms with Crippen molar-refractivity contribution in [3.8, 4) is 33.8 Å². The molecule has 1 aromatic heterocycles. The van der Waals surface area contributed by atoms with Crippen molar-refractivity contribution in [2.24, 2.45) is 7.05 Å². The van der Waals surface area contributed by atoms with Crippen LogP contribution < -0.4 is 15.0 Å². The summed E-state index contributed by atoms with van der Waals surface area (Å²) >= 11 is 0. The molecule has 2 aliphatic rings. The molecule has 2 atom stereocenters. The van der Waals surface area contributed by atoms with Gasteiger partial charge in [-0.25, -0.2) is 9.07 Å². The molecule has 0 amide bonds. The van der Waals surface area contributed by atoms with Crippen LogP contribution in [0.15, 0.2) is 59.5 Å². The first-order valence-corrected chi connectivity index (χ1v) is 13.7. The van der Waals surface area contributed by atoms with E-state index in [2.05, 4.69) is 17.2 Å². The number of hydrogen-bond acceptors (Lipinski definition) is 6. The van der Waals surface area contributed by atoms with E-state index in [4.69, 9.17) is 14.2 Å². The molecule has 0 unspecified atom stereocenters. The molecule has 4 aromatic rings. The number of rotatable bonds is 6. The predicted octanol–water partition coefficient (Wildman–Crippen LogP) is 5.98. The number of esters is 1. The van der Waals surface area contributed by atoms with Crippen LogP contribution in [0.3, 0.4) is 0 Å². The fourth-order valence-corrected chi connectivity index (χ4v) is 6.16. The number of methoxy groups -OCH3 is 1. The van der Waals surface area contributed by atoms with Gasteiger partial charge in [0.05, 0.1) is 26.3 Å². The van der Waals surface area contributed by atoms with Crippen molar-refractivity contribution in [1.82, 2.24) is 9.78 Å². The highest BCUT2D eigenvalue weighted by atomic mass is 19.1. The van der Waals surface area contributed by atoms with Gasteiger partial charge < -0.3 is 14.2 Å². The normalized spacial score (nSPS) is 17.1. The molecular weight excluding hydrogens is 523 g/mol. The summed E-state index contributed by atoms with van der Waals surface area (Å²) in [5.74, 6) is 0.676. The Balaban J connectivity index is 1.30. The van der Waals surface area contributed by atoms with Gasteiger partial charge in [0.15, 0.2) is 0 Å². The van der Waals surface area contributed by atoms with Crippen molar-refractivity contribution in [3.05, 3.63) is 98.7 Å². The Bertz CT molecular complexity index is 1720. The quantitative estimate of drug-likeness (QED) is 0.273. The molecule has 3 aromatic carbocycles. The van der Waals surface area contributed by atoms with Crippen LogP contribution in [-0.2, 0) is 23.0 Å². The second-order valence-electron chi connectivity index (χ2n) is 10.8. The largest absolute Gasteiger partial charge is 0.492 e. The summed E-state index contributed by atoms with van der Waals surface area (Å²) < 4.78 is 33.6. The minimum Gasteiger partial charge on any atom is -0.492 e. The van der Waals surface area contributed by atoms with Gasteiger partial charge >= 0.3 is 5.97 Å². The molecule has 0 saturated heterocycles. The van der Waals surface area contributed by atoms with Crippen molar-refractivity contribution in [2.75, 3.05) is 13.7 Å². The topological polar surface area (TPSA) is 79.7 Å².